The number of oxime groups is 1. The number of hydrogen-bond acceptors (Lipinski definition) is 11. The van der Waals surface area contributed by atoms with Crippen LogP contribution in [0.5, 0.6) is 11.8 Å². The number of carbonyl (C=O) groups is 1. The number of aromatic nitrogens is 4. The predicted molar refractivity (Wildman–Crippen MR) is 106 cm³/mol. The van der Waals surface area contributed by atoms with Gasteiger partial charge >= 0.3 is 6.03 Å². The molecule has 1 unspecified atom stereocenters. The highest BCUT2D eigenvalue weighted by Crippen LogP contribution is 2.26. The molecule has 1 aliphatic heterocycles. The molecule has 16 heteroatoms. The van der Waals surface area contributed by atoms with Gasteiger partial charge in [-0.15, -0.1) is 0 Å². The van der Waals surface area contributed by atoms with Crippen LogP contribution >= 0.6 is 11.6 Å². The number of aryl methyl sites for hydroxylation is 1. The molecule has 0 aliphatic carbocycles. The lowest BCUT2D eigenvalue weighted by atomic mass is 10.3. The van der Waals surface area contributed by atoms with Crippen molar-refractivity contribution in [2.75, 3.05) is 26.1 Å². The molecule has 0 saturated carbocycles. The first-order valence-corrected chi connectivity index (χ1v) is 10.4. The van der Waals surface area contributed by atoms with Crippen molar-refractivity contribution in [3.63, 3.8) is 0 Å². The van der Waals surface area contributed by atoms with Gasteiger partial charge in [0.2, 0.25) is 17.7 Å². The molecule has 2 aromatic heterocycles. The Labute approximate surface area is 181 Å². The van der Waals surface area contributed by atoms with Gasteiger partial charge in [-0.05, 0) is 12.1 Å². The second-order valence-electron chi connectivity index (χ2n) is 6.05. The van der Waals surface area contributed by atoms with Crippen LogP contribution in [-0.4, -0.2) is 67.0 Å². The van der Waals surface area contributed by atoms with Crippen LogP contribution in [0.2, 0.25) is 5.15 Å². The smallest absolute Gasteiger partial charge is 0.335 e. The van der Waals surface area contributed by atoms with Crippen molar-refractivity contribution in [1.29, 1.82) is 0 Å². The Kier molecular flexibility index (Phi) is 6.35. The molecule has 1 atom stereocenters. The van der Waals surface area contributed by atoms with Gasteiger partial charge < -0.3 is 19.0 Å². The van der Waals surface area contributed by atoms with Gasteiger partial charge in [-0.25, -0.2) is 9.52 Å². The molecular weight excluding hydrogens is 458 g/mol. The average Bonchev–Trinajstić information content (AvgIpc) is 3.01. The van der Waals surface area contributed by atoms with Crippen LogP contribution in [0.15, 0.2) is 16.2 Å². The van der Waals surface area contributed by atoms with Gasteiger partial charge in [-0.1, -0.05) is 11.6 Å². The minimum absolute atomic E-state index is 0.0901. The third-order valence-corrected chi connectivity index (χ3v) is 5.44. The largest absolute Gasteiger partial charge is 0.481 e. The molecule has 2 N–H and O–H groups in total. The lowest BCUT2D eigenvalue weighted by Gasteiger charge is -2.20. The molecule has 31 heavy (non-hydrogen) atoms. The Morgan fingerprint density at radius 3 is 2.52 bits per heavy atom. The quantitative estimate of drug-likeness (QED) is 0.599. The maximum absolute atomic E-state index is 12.9. The van der Waals surface area contributed by atoms with E-state index in [2.05, 4.69) is 25.5 Å². The molecule has 3 rings (SSSR count). The zero-order chi connectivity index (χ0) is 22.8. The monoisotopic (exact) mass is 475 g/mol. The van der Waals surface area contributed by atoms with Gasteiger partial charge in [0.1, 0.15) is 11.7 Å². The number of urea groups is 1. The molecule has 14 nitrogen and oxygen atoms in total. The minimum Gasteiger partial charge on any atom is -0.481 e. The number of amides is 2. The summed E-state index contributed by atoms with van der Waals surface area (Å²) in [4.78, 5) is 25.1. The van der Waals surface area contributed by atoms with Crippen molar-refractivity contribution in [1.82, 2.24) is 24.5 Å². The van der Waals surface area contributed by atoms with Crippen LogP contribution in [0, 0.1) is 0 Å². The number of nitrogens with zero attached hydrogens (tertiary/aromatic N) is 5. The third-order valence-electron chi connectivity index (χ3n) is 3.74. The van der Waals surface area contributed by atoms with Crippen molar-refractivity contribution in [2.24, 2.45) is 12.2 Å². The lowest BCUT2D eigenvalue weighted by molar-refractivity contribution is 0.0194. The number of hydrogen-bond donors (Lipinski definition) is 2. The summed E-state index contributed by atoms with van der Waals surface area (Å²) in [5.74, 6) is -0.257. The summed E-state index contributed by atoms with van der Waals surface area (Å²) in [7, 11) is -0.471. The van der Waals surface area contributed by atoms with Crippen molar-refractivity contribution in [2.45, 2.75) is 18.1 Å². The molecule has 3 heterocycles. The zero-order valence-electron chi connectivity index (χ0n) is 16.7. The van der Waals surface area contributed by atoms with Crippen molar-refractivity contribution < 1.29 is 32.3 Å². The second-order valence-corrected chi connectivity index (χ2v) is 8.01. The number of methoxy groups -OCH3 is 2. The SMILES string of the molecule is COc1cc(OC)nc(NC(=O)NS(=O)(=O)c2c(C3=NOCC(C)O3)c(Cl)nn2C)n1. The summed E-state index contributed by atoms with van der Waals surface area (Å²) < 4.78 is 44.1. The molecule has 0 aromatic carbocycles. The van der Waals surface area contributed by atoms with E-state index in [1.807, 2.05) is 4.72 Å². The molecule has 0 radical (unpaired) electrons. The first-order chi connectivity index (χ1) is 14.6. The van der Waals surface area contributed by atoms with Gasteiger partial charge in [0.15, 0.2) is 16.8 Å². The van der Waals surface area contributed by atoms with Crippen LogP contribution in [-0.2, 0) is 26.6 Å². The van der Waals surface area contributed by atoms with E-state index in [1.165, 1.54) is 27.3 Å². The summed E-state index contributed by atoms with van der Waals surface area (Å²) in [5, 5.41) is 9.09. The van der Waals surface area contributed by atoms with E-state index < -0.39 is 27.2 Å². The zero-order valence-corrected chi connectivity index (χ0v) is 18.3. The lowest BCUT2D eigenvalue weighted by Crippen LogP contribution is -2.37. The molecule has 0 saturated heterocycles. The molecule has 1 aliphatic rings. The van der Waals surface area contributed by atoms with Crippen molar-refractivity contribution in [3.05, 3.63) is 16.8 Å². The normalized spacial score (nSPS) is 15.9. The van der Waals surface area contributed by atoms with Crippen LogP contribution in [0.1, 0.15) is 12.5 Å². The Morgan fingerprint density at radius 2 is 1.94 bits per heavy atom. The van der Waals surface area contributed by atoms with Gasteiger partial charge in [0, 0.05) is 7.05 Å². The molecule has 2 amide bonds. The van der Waals surface area contributed by atoms with Crippen molar-refractivity contribution in [3.8, 4) is 11.8 Å². The minimum atomic E-state index is -4.50. The Morgan fingerprint density at radius 1 is 1.29 bits per heavy atom. The first kappa shape index (κ1) is 22.4. The van der Waals surface area contributed by atoms with E-state index in [0.717, 1.165) is 4.68 Å². The highest BCUT2D eigenvalue weighted by atomic mass is 35.5. The predicted octanol–water partition coefficient (Wildman–Crippen LogP) is 0.488. The standard InChI is InChI=1S/C15H18ClN7O7S/c1-7-6-29-21-12(30-7)10-11(16)20-23(2)13(10)31(25,26)22-15(24)19-14-17-8(27-3)5-9(18-14)28-4/h5,7H,6H2,1-4H3,(H2,17,18,19,22,24). The number of halogens is 1. The van der Waals surface area contributed by atoms with Gasteiger partial charge in [-0.2, -0.15) is 23.5 Å². The highest BCUT2D eigenvalue weighted by Gasteiger charge is 2.34. The van der Waals surface area contributed by atoms with E-state index in [1.54, 1.807) is 6.92 Å². The number of carbonyl (C=O) groups excluding carboxylic acids is 1. The third kappa shape index (κ3) is 4.88. The number of rotatable bonds is 6. The number of sulfonamides is 1. The summed E-state index contributed by atoms with van der Waals surface area (Å²) in [6.07, 6.45) is -0.407. The molecule has 2 aromatic rings. The Hall–Kier alpha value is -3.33. The molecule has 168 valence electrons. The van der Waals surface area contributed by atoms with E-state index in [4.69, 9.17) is 30.6 Å². The molecule has 0 spiro atoms. The summed E-state index contributed by atoms with van der Waals surface area (Å²) >= 11 is 6.08. The van der Waals surface area contributed by atoms with Crippen LogP contribution in [0.25, 0.3) is 0 Å². The van der Waals surface area contributed by atoms with Crippen LogP contribution in [0.4, 0.5) is 10.7 Å². The maximum Gasteiger partial charge on any atom is 0.335 e. The summed E-state index contributed by atoms with van der Waals surface area (Å²) in [6, 6.07) is 0.215. The summed E-state index contributed by atoms with van der Waals surface area (Å²) in [5.41, 5.74) is -0.157. The Bertz CT molecular complexity index is 1110. The average molecular weight is 476 g/mol. The van der Waals surface area contributed by atoms with Gasteiger partial charge in [-0.3, -0.25) is 10.00 Å². The van der Waals surface area contributed by atoms with Crippen molar-refractivity contribution >= 4 is 39.5 Å². The number of anilines is 1. The first-order valence-electron chi connectivity index (χ1n) is 8.55. The molecule has 0 fully saturated rings. The van der Waals surface area contributed by atoms with Gasteiger partial charge in [0.05, 0.1) is 20.3 Å². The van der Waals surface area contributed by atoms with Crippen LogP contribution < -0.4 is 19.5 Å². The fourth-order valence-electron chi connectivity index (χ4n) is 2.48. The number of nitrogens with one attached hydrogen (secondary N) is 2. The van der Waals surface area contributed by atoms with E-state index in [-0.39, 0.29) is 40.9 Å². The topological polar surface area (TPSA) is 168 Å². The molecular formula is C15H18ClN7O7S. The maximum atomic E-state index is 12.9. The molecule has 0 bridgehead atoms. The van der Waals surface area contributed by atoms with E-state index >= 15 is 0 Å². The highest BCUT2D eigenvalue weighted by molar-refractivity contribution is 7.90. The fraction of sp³-hybridized carbons (Fsp3) is 0.400. The Balaban J connectivity index is 1.88. The van der Waals surface area contributed by atoms with Gasteiger partial charge in [0.25, 0.3) is 15.9 Å². The van der Waals surface area contributed by atoms with E-state index in [0.29, 0.717) is 0 Å². The number of ether oxygens (including phenoxy) is 3. The summed E-state index contributed by atoms with van der Waals surface area (Å²) in [6.45, 7) is 1.87. The van der Waals surface area contributed by atoms with E-state index in [9.17, 15) is 13.2 Å². The van der Waals surface area contributed by atoms with Crippen LogP contribution in [0.3, 0.4) is 0 Å². The fourth-order valence-corrected chi connectivity index (χ4v) is 4.06. The second kappa shape index (κ2) is 8.81.